The molecule has 0 heterocycles. The second-order valence-electron chi connectivity index (χ2n) is 5.84. The van der Waals surface area contributed by atoms with Crippen LogP contribution in [0.1, 0.15) is 21.5 Å². The van der Waals surface area contributed by atoms with E-state index in [0.717, 1.165) is 24.9 Å². The Bertz CT molecular complexity index is 1010. The third-order valence-corrected chi connectivity index (χ3v) is 5.03. The molecule has 0 spiro atoms. The highest BCUT2D eigenvalue weighted by Gasteiger charge is 2.10. The van der Waals surface area contributed by atoms with Crippen LogP contribution in [0.15, 0.2) is 76.3 Å². The molecular weight excluding hydrogens is 535 g/mol. The van der Waals surface area contributed by atoms with E-state index in [0.29, 0.717) is 12.3 Å². The molecule has 0 radical (unpaired) electrons. The summed E-state index contributed by atoms with van der Waals surface area (Å²) in [7, 11) is 0. The molecule has 2 N–H and O–H groups in total. The normalized spacial score (nSPS) is 10.8. The number of carbonyl (C=O) groups is 1. The molecule has 0 aliphatic carbocycles. The maximum Gasteiger partial charge on any atom is 0.335 e. The first kappa shape index (κ1) is 20.3. The highest BCUT2D eigenvalue weighted by molar-refractivity contribution is 14.1. The SMILES string of the molecule is O=C(O)c1cccc(N/N=C/c2cc(Br)cc(I)c2OCc2ccccc2)c1. The van der Waals surface area contributed by atoms with Crippen molar-refractivity contribution in [1.82, 2.24) is 0 Å². The second-order valence-corrected chi connectivity index (χ2v) is 7.91. The number of ether oxygens (including phenoxy) is 1. The van der Waals surface area contributed by atoms with Gasteiger partial charge in [-0.25, -0.2) is 4.79 Å². The topological polar surface area (TPSA) is 70.9 Å². The van der Waals surface area contributed by atoms with Crippen LogP contribution >= 0.6 is 38.5 Å². The van der Waals surface area contributed by atoms with Gasteiger partial charge in [-0.3, -0.25) is 5.43 Å². The summed E-state index contributed by atoms with van der Waals surface area (Å²) in [6.45, 7) is 0.452. The number of benzene rings is 3. The molecule has 0 aliphatic heterocycles. The fourth-order valence-electron chi connectivity index (χ4n) is 2.46. The van der Waals surface area contributed by atoms with Gasteiger partial charge in [0.05, 0.1) is 21.0 Å². The van der Waals surface area contributed by atoms with Crippen LogP contribution in [0.3, 0.4) is 0 Å². The average Bonchev–Trinajstić information content (AvgIpc) is 2.68. The molecule has 0 unspecified atom stereocenters. The number of aromatic carboxylic acids is 1. The Morgan fingerprint density at radius 1 is 1.14 bits per heavy atom. The average molecular weight is 551 g/mol. The van der Waals surface area contributed by atoms with Crippen LogP contribution < -0.4 is 10.2 Å². The summed E-state index contributed by atoms with van der Waals surface area (Å²) >= 11 is 5.72. The molecule has 7 heteroatoms. The molecule has 0 aromatic heterocycles. The molecule has 0 saturated heterocycles. The van der Waals surface area contributed by atoms with Gasteiger partial charge in [0.25, 0.3) is 0 Å². The van der Waals surface area contributed by atoms with E-state index < -0.39 is 5.97 Å². The summed E-state index contributed by atoms with van der Waals surface area (Å²) in [6, 6.07) is 20.3. The third kappa shape index (κ3) is 5.56. The zero-order valence-corrected chi connectivity index (χ0v) is 18.3. The lowest BCUT2D eigenvalue weighted by atomic mass is 10.2. The Kier molecular flexibility index (Phi) is 7.05. The van der Waals surface area contributed by atoms with E-state index in [2.05, 4.69) is 49.0 Å². The number of carboxylic acid groups (broad SMARTS) is 1. The molecule has 3 aromatic carbocycles. The molecule has 142 valence electrons. The first-order valence-corrected chi connectivity index (χ1v) is 10.2. The fourth-order valence-corrected chi connectivity index (χ4v) is 4.16. The van der Waals surface area contributed by atoms with Crippen molar-refractivity contribution in [2.75, 3.05) is 5.43 Å². The van der Waals surface area contributed by atoms with Crippen LogP contribution in [0, 0.1) is 3.57 Å². The van der Waals surface area contributed by atoms with Crippen molar-refractivity contribution in [2.24, 2.45) is 5.10 Å². The fraction of sp³-hybridized carbons (Fsp3) is 0.0476. The Labute approximate surface area is 184 Å². The molecule has 0 aliphatic rings. The van der Waals surface area contributed by atoms with Gasteiger partial charge in [0, 0.05) is 10.0 Å². The van der Waals surface area contributed by atoms with Crippen molar-refractivity contribution in [2.45, 2.75) is 6.61 Å². The van der Waals surface area contributed by atoms with Crippen molar-refractivity contribution < 1.29 is 14.6 Å². The molecule has 0 bridgehead atoms. The van der Waals surface area contributed by atoms with Crippen molar-refractivity contribution in [3.8, 4) is 5.75 Å². The molecule has 3 rings (SSSR count). The monoisotopic (exact) mass is 550 g/mol. The molecule has 3 aromatic rings. The van der Waals surface area contributed by atoms with Crippen LogP contribution in [0.2, 0.25) is 0 Å². The van der Waals surface area contributed by atoms with E-state index in [1.165, 1.54) is 12.1 Å². The molecule has 28 heavy (non-hydrogen) atoms. The van der Waals surface area contributed by atoms with E-state index in [1.807, 2.05) is 42.5 Å². The first-order chi connectivity index (χ1) is 13.5. The highest BCUT2D eigenvalue weighted by atomic mass is 127. The van der Waals surface area contributed by atoms with Crippen LogP contribution in [-0.2, 0) is 6.61 Å². The summed E-state index contributed by atoms with van der Waals surface area (Å²) in [4.78, 5) is 11.1. The molecule has 5 nitrogen and oxygen atoms in total. The van der Waals surface area contributed by atoms with Crippen LogP contribution in [-0.4, -0.2) is 17.3 Å². The van der Waals surface area contributed by atoms with Crippen LogP contribution in [0.5, 0.6) is 5.75 Å². The maximum atomic E-state index is 11.1. The van der Waals surface area contributed by atoms with Gasteiger partial charge in [0.1, 0.15) is 12.4 Å². The number of hydrazone groups is 1. The van der Waals surface area contributed by atoms with Gasteiger partial charge in [-0.15, -0.1) is 0 Å². The standard InChI is InChI=1S/C21H16BrIN2O3/c22-17-9-16(12-24-25-18-8-4-7-15(10-18)21(26)27)20(19(23)11-17)28-13-14-5-2-1-3-6-14/h1-12,25H,13H2,(H,26,27)/b24-12+. The van der Waals surface area contributed by atoms with E-state index >= 15 is 0 Å². The minimum atomic E-state index is -0.981. The number of rotatable bonds is 7. The molecule has 0 saturated carbocycles. The maximum absolute atomic E-state index is 11.1. The van der Waals surface area contributed by atoms with Crippen LogP contribution in [0.4, 0.5) is 5.69 Å². The van der Waals surface area contributed by atoms with Crippen molar-refractivity contribution in [3.05, 3.63) is 91.5 Å². The minimum Gasteiger partial charge on any atom is -0.487 e. The summed E-state index contributed by atoms with van der Waals surface area (Å²) in [5.41, 5.74) is 5.53. The van der Waals surface area contributed by atoms with Gasteiger partial charge in [-0.1, -0.05) is 52.3 Å². The Balaban J connectivity index is 1.77. The van der Waals surface area contributed by atoms with Crippen molar-refractivity contribution in [3.63, 3.8) is 0 Å². The predicted molar refractivity (Wildman–Crippen MR) is 122 cm³/mol. The summed E-state index contributed by atoms with van der Waals surface area (Å²) in [5, 5.41) is 13.3. The van der Waals surface area contributed by atoms with Crippen molar-refractivity contribution >= 4 is 56.4 Å². The van der Waals surface area contributed by atoms with E-state index in [1.54, 1.807) is 18.3 Å². The van der Waals surface area contributed by atoms with E-state index in [-0.39, 0.29) is 5.56 Å². The summed E-state index contributed by atoms with van der Waals surface area (Å²) in [6.07, 6.45) is 1.65. The Morgan fingerprint density at radius 3 is 2.68 bits per heavy atom. The summed E-state index contributed by atoms with van der Waals surface area (Å²) < 4.78 is 7.91. The van der Waals surface area contributed by atoms with Gasteiger partial charge in [0.2, 0.25) is 0 Å². The molecule has 0 amide bonds. The van der Waals surface area contributed by atoms with Gasteiger partial charge in [-0.2, -0.15) is 5.10 Å². The Hall–Kier alpha value is -2.39. The molecule has 0 fully saturated rings. The van der Waals surface area contributed by atoms with Gasteiger partial charge in [0.15, 0.2) is 0 Å². The first-order valence-electron chi connectivity index (χ1n) is 8.31. The smallest absolute Gasteiger partial charge is 0.335 e. The zero-order chi connectivity index (χ0) is 19.9. The number of hydrogen-bond donors (Lipinski definition) is 2. The predicted octanol–water partition coefficient (Wildman–Crippen LogP) is 5.78. The van der Waals surface area contributed by atoms with Gasteiger partial charge >= 0.3 is 5.97 Å². The second kappa shape index (κ2) is 9.70. The van der Waals surface area contributed by atoms with Crippen molar-refractivity contribution in [1.29, 1.82) is 0 Å². The lowest BCUT2D eigenvalue weighted by molar-refractivity contribution is 0.0697. The Morgan fingerprint density at radius 2 is 1.93 bits per heavy atom. The van der Waals surface area contributed by atoms with Gasteiger partial charge < -0.3 is 9.84 Å². The number of hydrogen-bond acceptors (Lipinski definition) is 4. The highest BCUT2D eigenvalue weighted by Crippen LogP contribution is 2.29. The third-order valence-electron chi connectivity index (χ3n) is 3.77. The summed E-state index contributed by atoms with van der Waals surface area (Å²) in [5.74, 6) is -0.247. The van der Waals surface area contributed by atoms with E-state index in [4.69, 9.17) is 9.84 Å². The molecule has 0 atom stereocenters. The van der Waals surface area contributed by atoms with Crippen LogP contribution in [0.25, 0.3) is 0 Å². The number of nitrogens with zero attached hydrogens (tertiary/aromatic N) is 1. The quantitative estimate of drug-likeness (QED) is 0.222. The number of carboxylic acids is 1. The number of nitrogens with one attached hydrogen (secondary N) is 1. The molecular formula is C21H16BrIN2O3. The zero-order valence-electron chi connectivity index (χ0n) is 14.6. The van der Waals surface area contributed by atoms with Gasteiger partial charge in [-0.05, 0) is 58.5 Å². The largest absolute Gasteiger partial charge is 0.487 e. The number of anilines is 1. The minimum absolute atomic E-state index is 0.198. The lowest BCUT2D eigenvalue weighted by Crippen LogP contribution is -2.02. The van der Waals surface area contributed by atoms with E-state index in [9.17, 15) is 4.79 Å². The lowest BCUT2D eigenvalue weighted by Gasteiger charge is -2.12. The number of halogens is 2.